The van der Waals surface area contributed by atoms with Crippen molar-refractivity contribution in [1.29, 1.82) is 0 Å². The van der Waals surface area contributed by atoms with Crippen LogP contribution < -0.4 is 5.73 Å². The summed E-state index contributed by atoms with van der Waals surface area (Å²) in [5.74, 6) is 1.83. The molecule has 0 aromatic heterocycles. The number of esters is 2. The number of rotatable bonds is 3. The molecule has 61 heavy (non-hydrogen) atoms. The number of benzene rings is 2. The van der Waals surface area contributed by atoms with E-state index in [0.29, 0.717) is 73.3 Å². The molecule has 3 N–H and O–H groups in total. The van der Waals surface area contributed by atoms with Crippen molar-refractivity contribution in [3.05, 3.63) is 116 Å². The van der Waals surface area contributed by atoms with E-state index in [2.05, 4.69) is 72.2 Å². The van der Waals surface area contributed by atoms with E-state index in [0.717, 1.165) is 81.3 Å². The summed E-state index contributed by atoms with van der Waals surface area (Å²) in [6.07, 6.45) is 14.9. The highest BCUT2D eigenvalue weighted by molar-refractivity contribution is 6.00. The molecule has 9 aliphatic heterocycles. The molecular weight excluding hydrogens is 759 g/mol. The molecule has 318 valence electrons. The molecule has 5 aliphatic carbocycles. The molecule has 12 unspecified atom stereocenters. The second-order valence-electron chi connectivity index (χ2n) is 21.5. The predicted molar refractivity (Wildman–Crippen MR) is 232 cm³/mol. The Balaban J connectivity index is 1.13. The summed E-state index contributed by atoms with van der Waals surface area (Å²) < 4.78 is 14.0. The molecular formula is C53H61N3O5. The van der Waals surface area contributed by atoms with Gasteiger partial charge in [-0.05, 0) is 136 Å². The van der Waals surface area contributed by atoms with Gasteiger partial charge in [0.15, 0.2) is 11.4 Å². The normalized spacial score (nSPS) is 41.2. The van der Waals surface area contributed by atoms with Gasteiger partial charge in [0.2, 0.25) is 0 Å². The van der Waals surface area contributed by atoms with Gasteiger partial charge in [-0.1, -0.05) is 78.6 Å². The topological polar surface area (TPSA) is 105 Å². The van der Waals surface area contributed by atoms with Crippen LogP contribution in [0.2, 0.25) is 0 Å². The lowest BCUT2D eigenvalue weighted by Crippen LogP contribution is -2.77. The minimum Gasteiger partial charge on any atom is -0.509 e. The van der Waals surface area contributed by atoms with Crippen LogP contribution in [0.5, 0.6) is 0 Å². The van der Waals surface area contributed by atoms with E-state index in [1.54, 1.807) is 11.3 Å². The summed E-state index contributed by atoms with van der Waals surface area (Å²) in [5, 5.41) is 12.9. The van der Waals surface area contributed by atoms with Crippen LogP contribution >= 0.6 is 0 Å². The third-order valence-electron chi connectivity index (χ3n) is 18.8. The number of hydrogen-bond donors (Lipinski definition) is 2. The predicted octanol–water partition coefficient (Wildman–Crippen LogP) is 8.61. The van der Waals surface area contributed by atoms with Crippen molar-refractivity contribution in [3.8, 4) is 0 Å². The highest BCUT2D eigenvalue weighted by atomic mass is 16.6. The number of hydrogen-bond acceptors (Lipinski definition) is 8. The minimum atomic E-state index is -1.16. The first-order chi connectivity index (χ1) is 29.7. The Bertz CT molecular complexity index is 2440. The lowest BCUT2D eigenvalue weighted by atomic mass is 9.29. The van der Waals surface area contributed by atoms with Crippen molar-refractivity contribution in [2.75, 3.05) is 26.2 Å². The molecule has 2 aromatic carbocycles. The minimum absolute atomic E-state index is 0.0617. The Labute approximate surface area is 360 Å². The largest absolute Gasteiger partial charge is 0.509 e. The van der Waals surface area contributed by atoms with Crippen LogP contribution in [-0.4, -0.2) is 65.1 Å². The number of carbonyl (C=O) groups is 2. The number of ether oxygens (including phenoxy) is 2. The van der Waals surface area contributed by atoms with Crippen molar-refractivity contribution in [3.63, 3.8) is 0 Å². The van der Waals surface area contributed by atoms with E-state index in [-0.39, 0.29) is 35.6 Å². The summed E-state index contributed by atoms with van der Waals surface area (Å²) in [6.45, 7) is 8.45. The Morgan fingerprint density at radius 2 is 1.84 bits per heavy atom. The van der Waals surface area contributed by atoms with Gasteiger partial charge in [0.25, 0.3) is 0 Å². The highest BCUT2D eigenvalue weighted by Crippen LogP contribution is 2.87. The Kier molecular flexibility index (Phi) is 7.95. The standard InChI is InChI=1S/C53H61N3O5/c1-29-20-35-15-16-41-37-24-33-26-55(28-37)30(2)21-42(57)48-51-18-17-38-40-25-36(44(29)46(38)47(35)56(41)27-33)23-32-10-5-9-31(22-32)8-3-4-14-43(52(40,51)50(59)60-48)53(51)39-13-6-11-34(12-7-19-54)45(39)49(58)61-53/h5-6,9-11,13,22,25,29-30,33,37,41,43-44,46,57H,3-4,7-8,12,14-21,23-24,26-28,54H2,1-2H3. The number of nitrogens with two attached hydrogens (primary N) is 1. The molecule has 2 aromatic rings. The van der Waals surface area contributed by atoms with Gasteiger partial charge in [-0.15, -0.1) is 0 Å². The van der Waals surface area contributed by atoms with Crippen LogP contribution in [0.25, 0.3) is 0 Å². The molecule has 12 atom stereocenters. The first-order valence-electron chi connectivity index (χ1n) is 24.1. The van der Waals surface area contributed by atoms with Gasteiger partial charge >= 0.3 is 11.9 Å². The van der Waals surface area contributed by atoms with Crippen molar-refractivity contribution < 1.29 is 24.2 Å². The summed E-state index contributed by atoms with van der Waals surface area (Å²) >= 11 is 0. The fourth-order valence-corrected chi connectivity index (χ4v) is 16.9. The molecule has 4 fully saturated rings. The zero-order valence-corrected chi connectivity index (χ0v) is 36.0. The summed E-state index contributed by atoms with van der Waals surface area (Å²) in [4.78, 5) is 36.3. The van der Waals surface area contributed by atoms with E-state index in [1.165, 1.54) is 41.5 Å². The van der Waals surface area contributed by atoms with Crippen LogP contribution in [0.4, 0.5) is 0 Å². The van der Waals surface area contributed by atoms with Crippen LogP contribution in [0.15, 0.2) is 88.0 Å². The van der Waals surface area contributed by atoms with E-state index in [4.69, 9.17) is 15.2 Å². The lowest BCUT2D eigenvalue weighted by Gasteiger charge is -2.71. The van der Waals surface area contributed by atoms with Crippen molar-refractivity contribution in [1.82, 2.24) is 9.80 Å². The molecule has 0 amide bonds. The quantitative estimate of drug-likeness (QED) is 0.297. The van der Waals surface area contributed by atoms with Gasteiger partial charge in [0.05, 0.1) is 11.0 Å². The Morgan fingerprint density at radius 1 is 0.967 bits per heavy atom. The maximum Gasteiger partial charge on any atom is 0.339 e. The van der Waals surface area contributed by atoms with Crippen LogP contribution in [0.1, 0.15) is 117 Å². The zero-order valence-electron chi connectivity index (χ0n) is 36.0. The fraction of sp³-hybridized carbons (Fsp3) is 0.585. The SMILES string of the molecule is CC1CC2=C3C4C5=C6C=C(Cc7cccc(c7)CCCCC7C68C(=O)OC(=C(O)CC(C)N6CC9CC(C6)C(CC2)N3C9)C8(CC5)C72OC(=O)c3c(CCCN)cccc32)C14. The van der Waals surface area contributed by atoms with Gasteiger partial charge in [-0.25, -0.2) is 4.79 Å². The second kappa shape index (κ2) is 13.0. The monoisotopic (exact) mass is 819 g/mol. The molecule has 8 heteroatoms. The first-order valence-corrected chi connectivity index (χ1v) is 24.1. The molecule has 9 heterocycles. The number of aliphatic hydroxyl groups excluding tert-OH is 1. The lowest BCUT2D eigenvalue weighted by molar-refractivity contribution is -0.276. The third-order valence-corrected chi connectivity index (χ3v) is 18.8. The molecule has 3 saturated heterocycles. The number of carbonyl (C=O) groups excluding carboxylic acids is 2. The maximum absolute atomic E-state index is 15.9. The molecule has 0 radical (unpaired) electrons. The average Bonchev–Trinajstić information content (AvgIpc) is 3.71. The number of nitrogens with zero attached hydrogens (tertiary/aromatic N) is 2. The number of aliphatic hydroxyl groups is 1. The van der Waals surface area contributed by atoms with Crippen LogP contribution in [0.3, 0.4) is 0 Å². The fourth-order valence-electron chi connectivity index (χ4n) is 16.9. The van der Waals surface area contributed by atoms with Gasteiger partial charge in [-0.3, -0.25) is 9.69 Å². The highest BCUT2D eigenvalue weighted by Gasteiger charge is 2.93. The Hall–Kier alpha value is -4.14. The van der Waals surface area contributed by atoms with E-state index in [1.807, 2.05) is 0 Å². The van der Waals surface area contributed by atoms with Gasteiger partial charge in [0.1, 0.15) is 11.2 Å². The number of piperidine rings is 2. The molecule has 16 rings (SSSR count). The van der Waals surface area contributed by atoms with Crippen LogP contribution in [0, 0.1) is 46.3 Å². The zero-order chi connectivity index (χ0) is 41.2. The van der Waals surface area contributed by atoms with Crippen molar-refractivity contribution in [2.24, 2.45) is 52.1 Å². The summed E-state index contributed by atoms with van der Waals surface area (Å²) in [5.41, 5.74) is 15.2. The smallest absolute Gasteiger partial charge is 0.339 e. The Morgan fingerprint density at radius 3 is 2.72 bits per heavy atom. The number of aryl methyl sites for hydroxylation is 2. The molecule has 14 aliphatic rings. The molecule has 1 saturated carbocycles. The van der Waals surface area contributed by atoms with E-state index in [9.17, 15) is 9.90 Å². The third kappa shape index (κ3) is 4.54. The summed E-state index contributed by atoms with van der Waals surface area (Å²) in [7, 11) is 0. The average molecular weight is 820 g/mol. The molecule has 15 bridgehead atoms. The van der Waals surface area contributed by atoms with Gasteiger partial charge < -0.3 is 25.2 Å². The first kappa shape index (κ1) is 37.4. The second-order valence-corrected chi connectivity index (χ2v) is 21.5. The van der Waals surface area contributed by atoms with Crippen molar-refractivity contribution in [2.45, 2.75) is 121 Å². The number of fused-ring (bicyclic) bond motifs is 6. The number of allylic oxidation sites excluding steroid dienone is 4. The van der Waals surface area contributed by atoms with E-state index >= 15 is 4.79 Å². The van der Waals surface area contributed by atoms with Crippen molar-refractivity contribution >= 4 is 11.9 Å². The van der Waals surface area contributed by atoms with Gasteiger partial charge in [0, 0.05) is 61.2 Å². The van der Waals surface area contributed by atoms with Gasteiger partial charge in [-0.2, -0.15) is 0 Å². The molecule has 3 spiro atoms. The van der Waals surface area contributed by atoms with Crippen LogP contribution in [-0.2, 0) is 39.1 Å². The van der Waals surface area contributed by atoms with E-state index < -0.39 is 16.4 Å². The molecule has 8 nitrogen and oxygen atoms in total. The maximum atomic E-state index is 15.9. The summed E-state index contributed by atoms with van der Waals surface area (Å²) in [6, 6.07) is 16.1.